The molecule has 0 heterocycles. The van der Waals surface area contributed by atoms with Crippen LogP contribution in [0.1, 0.15) is 25.0 Å². The van der Waals surface area contributed by atoms with Crippen LogP contribution in [0.25, 0.3) is 0 Å². The molecule has 1 atom stereocenters. The first-order chi connectivity index (χ1) is 8.79. The number of hydrogen-bond donors (Lipinski definition) is 1. The van der Waals surface area contributed by atoms with Crippen LogP contribution in [0, 0.1) is 5.92 Å². The van der Waals surface area contributed by atoms with Crippen LogP contribution < -0.4 is 0 Å². The lowest BCUT2D eigenvalue weighted by molar-refractivity contribution is -0.137. The minimum Gasteiger partial charge on any atom is -0.392 e. The third-order valence-electron chi connectivity index (χ3n) is 2.51. The molecule has 1 aromatic carbocycles. The van der Waals surface area contributed by atoms with Crippen molar-refractivity contribution in [3.8, 4) is 0 Å². The van der Waals surface area contributed by atoms with Gasteiger partial charge in [-0.15, -0.1) is 0 Å². The molecular weight excluding hydrogens is 273 g/mol. The Balaban J connectivity index is 2.44. The van der Waals surface area contributed by atoms with Gasteiger partial charge in [0, 0.05) is 5.75 Å². The molecule has 19 heavy (non-hydrogen) atoms. The van der Waals surface area contributed by atoms with Crippen LogP contribution in [0.2, 0.25) is 0 Å². The summed E-state index contributed by atoms with van der Waals surface area (Å²) >= 11 is 1.67. The topological polar surface area (TPSA) is 20.2 Å². The molecular formula is C14H19F3OS. The molecule has 1 aromatic rings. The molecule has 1 N–H and O–H groups in total. The van der Waals surface area contributed by atoms with Gasteiger partial charge in [0.25, 0.3) is 0 Å². The molecule has 5 heteroatoms. The lowest BCUT2D eigenvalue weighted by Gasteiger charge is -2.12. The number of rotatable bonds is 6. The molecule has 108 valence electrons. The Labute approximate surface area is 116 Å². The number of halogens is 3. The number of hydrogen-bond acceptors (Lipinski definition) is 2. The van der Waals surface area contributed by atoms with Crippen LogP contribution in [0.5, 0.6) is 0 Å². The van der Waals surface area contributed by atoms with E-state index in [-0.39, 0.29) is 0 Å². The summed E-state index contributed by atoms with van der Waals surface area (Å²) in [4.78, 5) is 0. The number of aliphatic hydroxyl groups excluding tert-OH is 1. The highest BCUT2D eigenvalue weighted by atomic mass is 32.2. The van der Waals surface area contributed by atoms with Crippen LogP contribution in [0.15, 0.2) is 24.3 Å². The van der Waals surface area contributed by atoms with Crippen molar-refractivity contribution >= 4 is 11.8 Å². The smallest absolute Gasteiger partial charge is 0.392 e. The second kappa shape index (κ2) is 7.20. The number of aliphatic hydroxyl groups is 1. The molecule has 0 saturated carbocycles. The SMILES string of the molecule is CC(C)CSCC(O)Cc1ccc(C(F)(F)F)cc1. The third-order valence-corrected chi connectivity index (χ3v) is 4.04. The van der Waals surface area contributed by atoms with Gasteiger partial charge in [-0.3, -0.25) is 0 Å². The lowest BCUT2D eigenvalue weighted by atomic mass is 10.1. The van der Waals surface area contributed by atoms with Crippen molar-refractivity contribution < 1.29 is 18.3 Å². The van der Waals surface area contributed by atoms with E-state index < -0.39 is 17.8 Å². The Bertz CT molecular complexity index is 373. The van der Waals surface area contributed by atoms with Crippen molar-refractivity contribution in [1.82, 2.24) is 0 Å². The summed E-state index contributed by atoms with van der Waals surface area (Å²) in [6, 6.07) is 4.98. The predicted molar refractivity (Wildman–Crippen MR) is 73.3 cm³/mol. The average molecular weight is 292 g/mol. The summed E-state index contributed by atoms with van der Waals surface area (Å²) in [7, 11) is 0. The summed E-state index contributed by atoms with van der Waals surface area (Å²) in [5.74, 6) is 2.16. The van der Waals surface area contributed by atoms with E-state index in [0.29, 0.717) is 18.1 Å². The Morgan fingerprint density at radius 1 is 1.11 bits per heavy atom. The molecule has 0 spiro atoms. The van der Waals surface area contributed by atoms with Gasteiger partial charge in [0.05, 0.1) is 11.7 Å². The number of benzene rings is 1. The van der Waals surface area contributed by atoms with E-state index in [4.69, 9.17) is 0 Å². The van der Waals surface area contributed by atoms with Crippen LogP contribution in [0.4, 0.5) is 13.2 Å². The maximum Gasteiger partial charge on any atom is 0.416 e. The molecule has 0 saturated heterocycles. The van der Waals surface area contributed by atoms with Gasteiger partial charge in [0.15, 0.2) is 0 Å². The van der Waals surface area contributed by atoms with Crippen LogP contribution >= 0.6 is 11.8 Å². The van der Waals surface area contributed by atoms with E-state index in [1.165, 1.54) is 12.1 Å². The Morgan fingerprint density at radius 3 is 2.16 bits per heavy atom. The van der Waals surface area contributed by atoms with Crippen molar-refractivity contribution in [3.05, 3.63) is 35.4 Å². The molecule has 0 fully saturated rings. The summed E-state index contributed by atoms with van der Waals surface area (Å²) < 4.78 is 37.1. The van der Waals surface area contributed by atoms with Gasteiger partial charge in [0.2, 0.25) is 0 Å². The number of thioether (sulfide) groups is 1. The third kappa shape index (κ3) is 6.34. The molecule has 1 nitrogen and oxygen atoms in total. The largest absolute Gasteiger partial charge is 0.416 e. The number of alkyl halides is 3. The van der Waals surface area contributed by atoms with Crippen molar-refractivity contribution in [1.29, 1.82) is 0 Å². The zero-order chi connectivity index (χ0) is 14.5. The molecule has 1 rings (SSSR count). The van der Waals surface area contributed by atoms with Gasteiger partial charge in [-0.25, -0.2) is 0 Å². The first-order valence-corrected chi connectivity index (χ1v) is 7.36. The van der Waals surface area contributed by atoms with Crippen molar-refractivity contribution in [2.45, 2.75) is 32.5 Å². The Hall–Kier alpha value is -0.680. The second-order valence-corrected chi connectivity index (χ2v) is 6.06. The maximum atomic E-state index is 12.4. The minimum atomic E-state index is -4.30. The standard InChI is InChI=1S/C14H19F3OS/c1-10(2)8-19-9-13(18)7-11-3-5-12(6-4-11)14(15,16)17/h3-6,10,13,18H,7-9H2,1-2H3. The van der Waals surface area contributed by atoms with Gasteiger partial charge < -0.3 is 5.11 Å². The van der Waals surface area contributed by atoms with E-state index in [1.54, 1.807) is 11.8 Å². The van der Waals surface area contributed by atoms with E-state index in [9.17, 15) is 18.3 Å². The van der Waals surface area contributed by atoms with Gasteiger partial charge in [-0.1, -0.05) is 26.0 Å². The molecule has 0 aliphatic heterocycles. The van der Waals surface area contributed by atoms with Crippen molar-refractivity contribution in [3.63, 3.8) is 0 Å². The first-order valence-electron chi connectivity index (χ1n) is 6.21. The van der Waals surface area contributed by atoms with Crippen LogP contribution in [0.3, 0.4) is 0 Å². The van der Waals surface area contributed by atoms with Crippen molar-refractivity contribution in [2.75, 3.05) is 11.5 Å². The van der Waals surface area contributed by atoms with Gasteiger partial charge in [0.1, 0.15) is 0 Å². The normalized spacial score (nSPS) is 13.8. The van der Waals surface area contributed by atoms with Gasteiger partial charge in [-0.2, -0.15) is 24.9 Å². The van der Waals surface area contributed by atoms with E-state index in [0.717, 1.165) is 23.4 Å². The fourth-order valence-corrected chi connectivity index (χ4v) is 2.60. The molecule has 0 aliphatic rings. The second-order valence-electron chi connectivity index (χ2n) is 4.98. The Kier molecular flexibility index (Phi) is 6.20. The van der Waals surface area contributed by atoms with E-state index >= 15 is 0 Å². The molecule has 0 amide bonds. The quantitative estimate of drug-likeness (QED) is 0.855. The summed E-state index contributed by atoms with van der Waals surface area (Å²) in [5, 5.41) is 9.80. The van der Waals surface area contributed by atoms with E-state index in [1.807, 2.05) is 0 Å². The van der Waals surface area contributed by atoms with E-state index in [2.05, 4.69) is 13.8 Å². The minimum absolute atomic E-state index is 0.392. The zero-order valence-electron chi connectivity index (χ0n) is 11.1. The molecule has 0 radical (unpaired) electrons. The monoisotopic (exact) mass is 292 g/mol. The fourth-order valence-electron chi connectivity index (χ4n) is 1.60. The molecule has 0 aliphatic carbocycles. The molecule has 1 unspecified atom stereocenters. The Morgan fingerprint density at radius 2 is 1.68 bits per heavy atom. The van der Waals surface area contributed by atoms with Crippen LogP contribution in [-0.4, -0.2) is 22.7 Å². The first kappa shape index (κ1) is 16.4. The molecule has 0 bridgehead atoms. The fraction of sp³-hybridized carbons (Fsp3) is 0.571. The summed E-state index contributed by atoms with van der Waals surface area (Å²) in [6.45, 7) is 4.21. The van der Waals surface area contributed by atoms with Gasteiger partial charge >= 0.3 is 6.18 Å². The summed E-state index contributed by atoms with van der Waals surface area (Å²) in [5.41, 5.74) is 0.0746. The highest BCUT2D eigenvalue weighted by Crippen LogP contribution is 2.29. The zero-order valence-corrected chi connectivity index (χ0v) is 11.9. The van der Waals surface area contributed by atoms with Crippen LogP contribution in [-0.2, 0) is 12.6 Å². The highest BCUT2D eigenvalue weighted by molar-refractivity contribution is 7.99. The maximum absolute atomic E-state index is 12.4. The van der Waals surface area contributed by atoms with Crippen molar-refractivity contribution in [2.24, 2.45) is 5.92 Å². The lowest BCUT2D eigenvalue weighted by Crippen LogP contribution is -2.14. The van der Waals surface area contributed by atoms with Gasteiger partial charge in [-0.05, 0) is 35.8 Å². The summed E-state index contributed by atoms with van der Waals surface area (Å²) in [6.07, 6.45) is -4.42. The highest BCUT2D eigenvalue weighted by Gasteiger charge is 2.29. The molecule has 0 aromatic heterocycles. The predicted octanol–water partition coefficient (Wildman–Crippen LogP) is 4.00. The average Bonchev–Trinajstić information content (AvgIpc) is 2.27.